The Kier molecular flexibility index (Phi) is 2.31. The van der Waals surface area contributed by atoms with E-state index in [4.69, 9.17) is 16.0 Å². The highest BCUT2D eigenvalue weighted by Gasteiger charge is 2.07. The summed E-state index contributed by atoms with van der Waals surface area (Å²) in [5.41, 5.74) is 1.82. The van der Waals surface area contributed by atoms with E-state index in [1.807, 2.05) is 6.07 Å². The van der Waals surface area contributed by atoms with Crippen molar-refractivity contribution in [1.29, 1.82) is 0 Å². The fraction of sp³-hybridized carbons (Fsp3) is 0.222. The molecule has 4 nitrogen and oxygen atoms in total. The molecule has 1 atom stereocenters. The molecule has 0 spiro atoms. The SMILES string of the molecule is CNC(Cl)c1ccc2oc(=O)[nH]c2c1. The summed E-state index contributed by atoms with van der Waals surface area (Å²) >= 11 is 5.96. The minimum absolute atomic E-state index is 0.266. The molecule has 0 fully saturated rings. The summed E-state index contributed by atoms with van der Waals surface area (Å²) in [6, 6.07) is 5.32. The molecule has 14 heavy (non-hydrogen) atoms. The Labute approximate surface area is 84.9 Å². The third-order valence-electron chi connectivity index (χ3n) is 1.99. The average molecular weight is 213 g/mol. The molecule has 0 saturated heterocycles. The quantitative estimate of drug-likeness (QED) is 0.587. The molecule has 2 aromatic rings. The van der Waals surface area contributed by atoms with E-state index in [-0.39, 0.29) is 5.50 Å². The maximum atomic E-state index is 10.9. The Morgan fingerprint density at radius 2 is 2.36 bits per heavy atom. The summed E-state index contributed by atoms with van der Waals surface area (Å²) in [4.78, 5) is 13.4. The molecule has 0 aliphatic rings. The molecule has 1 aromatic heterocycles. The van der Waals surface area contributed by atoms with Gasteiger partial charge in [0.1, 0.15) is 5.50 Å². The highest BCUT2D eigenvalue weighted by Crippen LogP contribution is 2.20. The first-order chi connectivity index (χ1) is 6.70. The third-order valence-corrected chi connectivity index (χ3v) is 2.46. The van der Waals surface area contributed by atoms with E-state index in [1.165, 1.54) is 0 Å². The highest BCUT2D eigenvalue weighted by atomic mass is 35.5. The third kappa shape index (κ3) is 1.54. The van der Waals surface area contributed by atoms with Crippen molar-refractivity contribution in [2.75, 3.05) is 7.05 Å². The van der Waals surface area contributed by atoms with Crippen LogP contribution < -0.4 is 11.1 Å². The average Bonchev–Trinajstić information content (AvgIpc) is 2.55. The Bertz CT molecular complexity index is 503. The van der Waals surface area contributed by atoms with E-state index < -0.39 is 5.76 Å². The van der Waals surface area contributed by atoms with E-state index in [9.17, 15) is 4.79 Å². The van der Waals surface area contributed by atoms with E-state index in [0.717, 1.165) is 5.56 Å². The number of alkyl halides is 1. The number of rotatable bonds is 2. The van der Waals surface area contributed by atoms with Gasteiger partial charge >= 0.3 is 5.76 Å². The van der Waals surface area contributed by atoms with Crippen LogP contribution in [0.2, 0.25) is 0 Å². The summed E-state index contributed by atoms with van der Waals surface area (Å²) in [5.74, 6) is -0.451. The molecule has 2 rings (SSSR count). The van der Waals surface area contributed by atoms with Crippen molar-refractivity contribution >= 4 is 22.7 Å². The van der Waals surface area contributed by atoms with Gasteiger partial charge in [-0.1, -0.05) is 6.07 Å². The van der Waals surface area contributed by atoms with Gasteiger partial charge in [0.2, 0.25) is 0 Å². The van der Waals surface area contributed by atoms with E-state index in [2.05, 4.69) is 10.3 Å². The molecule has 1 unspecified atom stereocenters. The van der Waals surface area contributed by atoms with Crippen molar-refractivity contribution in [2.24, 2.45) is 0 Å². The molecular weight excluding hydrogens is 204 g/mol. The lowest BCUT2D eigenvalue weighted by Crippen LogP contribution is -2.09. The summed E-state index contributed by atoms with van der Waals surface area (Å²) in [7, 11) is 1.76. The molecule has 74 valence electrons. The predicted octanol–water partition coefficient (Wildman–Crippen LogP) is 1.58. The number of hydrogen-bond acceptors (Lipinski definition) is 3. The van der Waals surface area contributed by atoms with Gasteiger partial charge in [0, 0.05) is 0 Å². The van der Waals surface area contributed by atoms with Gasteiger partial charge in [-0.3, -0.25) is 4.98 Å². The van der Waals surface area contributed by atoms with Crippen LogP contribution in [0.25, 0.3) is 11.1 Å². The van der Waals surface area contributed by atoms with Gasteiger partial charge in [-0.25, -0.2) is 4.79 Å². The number of halogens is 1. The van der Waals surface area contributed by atoms with Gasteiger partial charge in [-0.2, -0.15) is 0 Å². The zero-order valence-electron chi connectivity index (χ0n) is 7.50. The zero-order chi connectivity index (χ0) is 10.1. The smallest absolute Gasteiger partial charge is 0.408 e. The van der Waals surface area contributed by atoms with Crippen LogP contribution in [-0.4, -0.2) is 12.0 Å². The zero-order valence-corrected chi connectivity index (χ0v) is 8.26. The number of benzene rings is 1. The minimum atomic E-state index is -0.451. The fourth-order valence-electron chi connectivity index (χ4n) is 1.29. The van der Waals surface area contributed by atoms with Crippen LogP contribution in [0.4, 0.5) is 0 Å². The first kappa shape index (κ1) is 9.30. The molecule has 5 heteroatoms. The van der Waals surface area contributed by atoms with Crippen LogP contribution in [0.1, 0.15) is 11.1 Å². The lowest BCUT2D eigenvalue weighted by Gasteiger charge is -2.06. The number of H-pyrrole nitrogens is 1. The monoisotopic (exact) mass is 212 g/mol. The van der Waals surface area contributed by atoms with Crippen LogP contribution >= 0.6 is 11.6 Å². The first-order valence-corrected chi connectivity index (χ1v) is 4.58. The van der Waals surface area contributed by atoms with E-state index >= 15 is 0 Å². The van der Waals surface area contributed by atoms with Crippen molar-refractivity contribution in [3.8, 4) is 0 Å². The van der Waals surface area contributed by atoms with Gasteiger partial charge in [-0.05, 0) is 24.7 Å². The number of aromatic amines is 1. The Hall–Kier alpha value is -1.26. The van der Waals surface area contributed by atoms with Gasteiger partial charge < -0.3 is 9.73 Å². The molecule has 0 bridgehead atoms. The fourth-order valence-corrected chi connectivity index (χ4v) is 1.43. The molecule has 0 aliphatic carbocycles. The van der Waals surface area contributed by atoms with Gasteiger partial charge in [-0.15, -0.1) is 11.6 Å². The van der Waals surface area contributed by atoms with Crippen molar-refractivity contribution < 1.29 is 4.42 Å². The maximum Gasteiger partial charge on any atom is 0.417 e. The van der Waals surface area contributed by atoms with Crippen molar-refractivity contribution in [2.45, 2.75) is 5.50 Å². The molecule has 1 aromatic carbocycles. The highest BCUT2D eigenvalue weighted by molar-refractivity contribution is 6.20. The first-order valence-electron chi connectivity index (χ1n) is 4.15. The molecule has 1 heterocycles. The van der Waals surface area contributed by atoms with Crippen LogP contribution in [0.3, 0.4) is 0 Å². The van der Waals surface area contributed by atoms with Crippen molar-refractivity contribution in [3.05, 3.63) is 34.3 Å². The summed E-state index contributed by atoms with van der Waals surface area (Å²) in [5, 5.41) is 2.90. The molecule has 2 N–H and O–H groups in total. The topological polar surface area (TPSA) is 58.0 Å². The van der Waals surface area contributed by atoms with Crippen molar-refractivity contribution in [3.63, 3.8) is 0 Å². The molecular formula is C9H9ClN2O2. The summed E-state index contributed by atoms with van der Waals surface area (Å²) < 4.78 is 4.86. The van der Waals surface area contributed by atoms with Gasteiger partial charge in [0.15, 0.2) is 5.58 Å². The second kappa shape index (κ2) is 3.48. The molecule has 0 radical (unpaired) electrons. The number of oxazole rings is 1. The normalized spacial score (nSPS) is 13.3. The van der Waals surface area contributed by atoms with E-state index in [0.29, 0.717) is 11.1 Å². The van der Waals surface area contributed by atoms with Gasteiger partial charge in [0.05, 0.1) is 5.52 Å². The lowest BCUT2D eigenvalue weighted by molar-refractivity contribution is 0.555. The Morgan fingerprint density at radius 3 is 3.07 bits per heavy atom. The second-order valence-corrected chi connectivity index (χ2v) is 3.36. The standard InChI is InChI=1S/C9H9ClN2O2/c1-11-8(10)5-2-3-7-6(4-5)12-9(13)14-7/h2-4,8,11H,1H3,(H,12,13). The maximum absolute atomic E-state index is 10.9. The summed E-state index contributed by atoms with van der Waals surface area (Å²) in [6.07, 6.45) is 0. The Morgan fingerprint density at radius 1 is 1.57 bits per heavy atom. The van der Waals surface area contributed by atoms with Crippen LogP contribution in [0.15, 0.2) is 27.4 Å². The lowest BCUT2D eigenvalue weighted by atomic mass is 10.2. The number of nitrogens with one attached hydrogen (secondary N) is 2. The number of fused-ring (bicyclic) bond motifs is 1. The second-order valence-electron chi connectivity index (χ2n) is 2.92. The number of hydrogen-bond donors (Lipinski definition) is 2. The summed E-state index contributed by atoms with van der Waals surface area (Å²) in [6.45, 7) is 0. The molecule has 0 saturated carbocycles. The van der Waals surface area contributed by atoms with Crippen LogP contribution in [-0.2, 0) is 0 Å². The van der Waals surface area contributed by atoms with Crippen LogP contribution in [0.5, 0.6) is 0 Å². The van der Waals surface area contributed by atoms with Crippen molar-refractivity contribution in [1.82, 2.24) is 10.3 Å². The molecule has 0 amide bonds. The molecule has 0 aliphatic heterocycles. The van der Waals surface area contributed by atoms with Gasteiger partial charge in [0.25, 0.3) is 0 Å². The van der Waals surface area contributed by atoms with E-state index in [1.54, 1.807) is 19.2 Å². The largest absolute Gasteiger partial charge is 0.417 e. The minimum Gasteiger partial charge on any atom is -0.408 e. The van der Waals surface area contributed by atoms with Crippen LogP contribution in [0, 0.1) is 0 Å². The Balaban J connectivity index is 2.55. The predicted molar refractivity (Wildman–Crippen MR) is 54.5 cm³/mol. The number of aromatic nitrogens is 1.